The molecule has 0 atom stereocenters. The molecule has 0 spiro atoms. The SMILES string of the molecule is Cc1cc(Nc2nccc(C(F)(F)F)n2)cc(-c2cnc(C3(O)CN(C(C)(C)C(=O)OC(C)(C)C(=O)O)C3)s2)c1. The van der Waals surface area contributed by atoms with Crippen LogP contribution in [0.1, 0.15) is 44.0 Å². The Morgan fingerprint density at radius 3 is 2.42 bits per heavy atom. The largest absolute Gasteiger partial charge is 0.478 e. The number of carbonyl (C=O) groups excluding carboxylic acids is 1. The van der Waals surface area contributed by atoms with Crippen LogP contribution in [0.5, 0.6) is 0 Å². The van der Waals surface area contributed by atoms with Gasteiger partial charge in [0.25, 0.3) is 0 Å². The second-order valence-electron chi connectivity index (χ2n) is 10.7. The van der Waals surface area contributed by atoms with Gasteiger partial charge in [-0.2, -0.15) is 13.2 Å². The Morgan fingerprint density at radius 1 is 1.12 bits per heavy atom. The summed E-state index contributed by atoms with van der Waals surface area (Å²) >= 11 is 1.24. The predicted molar refractivity (Wildman–Crippen MR) is 140 cm³/mol. The van der Waals surface area contributed by atoms with E-state index >= 15 is 0 Å². The number of hydrogen-bond donors (Lipinski definition) is 3. The average Bonchev–Trinajstić information content (AvgIpc) is 3.32. The Hall–Kier alpha value is -3.62. The molecule has 1 aliphatic rings. The number of carbonyl (C=O) groups is 2. The van der Waals surface area contributed by atoms with Crippen molar-refractivity contribution in [3.63, 3.8) is 0 Å². The lowest BCUT2D eigenvalue weighted by molar-refractivity contribution is -0.195. The van der Waals surface area contributed by atoms with E-state index in [1.165, 1.54) is 25.2 Å². The molecule has 14 heteroatoms. The van der Waals surface area contributed by atoms with Gasteiger partial charge in [0.2, 0.25) is 11.5 Å². The molecule has 10 nitrogen and oxygen atoms in total. The fourth-order valence-corrected chi connectivity index (χ4v) is 4.95. The van der Waals surface area contributed by atoms with Crippen LogP contribution >= 0.6 is 11.3 Å². The molecule has 0 saturated carbocycles. The van der Waals surface area contributed by atoms with Gasteiger partial charge in [-0.15, -0.1) is 11.3 Å². The van der Waals surface area contributed by atoms with Gasteiger partial charge >= 0.3 is 18.1 Å². The molecule has 4 rings (SSSR count). The van der Waals surface area contributed by atoms with Crippen molar-refractivity contribution in [3.8, 4) is 10.4 Å². The van der Waals surface area contributed by atoms with Crippen LogP contribution in [0.4, 0.5) is 24.8 Å². The monoisotopic (exact) mass is 579 g/mol. The topological polar surface area (TPSA) is 138 Å². The first kappa shape index (κ1) is 29.4. The number of aliphatic carboxylic acids is 1. The average molecular weight is 580 g/mol. The number of carboxylic acids is 1. The molecule has 3 N–H and O–H groups in total. The van der Waals surface area contributed by atoms with Crippen molar-refractivity contribution >= 4 is 34.9 Å². The fourth-order valence-electron chi connectivity index (χ4n) is 3.97. The number of alkyl halides is 3. The van der Waals surface area contributed by atoms with Gasteiger partial charge in [-0.3, -0.25) is 9.69 Å². The smallest absolute Gasteiger partial charge is 0.433 e. The maximum atomic E-state index is 13.0. The van der Waals surface area contributed by atoms with Gasteiger partial charge < -0.3 is 20.3 Å². The summed E-state index contributed by atoms with van der Waals surface area (Å²) in [5.41, 5.74) is -3.27. The van der Waals surface area contributed by atoms with Gasteiger partial charge in [-0.05, 0) is 63.9 Å². The van der Waals surface area contributed by atoms with E-state index in [0.29, 0.717) is 15.6 Å². The molecule has 3 heterocycles. The number of esters is 1. The molecule has 40 heavy (non-hydrogen) atoms. The van der Waals surface area contributed by atoms with Crippen molar-refractivity contribution in [2.75, 3.05) is 18.4 Å². The van der Waals surface area contributed by atoms with Gasteiger partial charge in [-0.25, -0.2) is 19.7 Å². The van der Waals surface area contributed by atoms with E-state index < -0.39 is 40.5 Å². The fraction of sp³-hybridized carbons (Fsp3) is 0.423. The second-order valence-corrected chi connectivity index (χ2v) is 11.7. The van der Waals surface area contributed by atoms with E-state index in [4.69, 9.17) is 4.74 Å². The summed E-state index contributed by atoms with van der Waals surface area (Å²) in [6.07, 6.45) is -1.98. The Bertz CT molecular complexity index is 1450. The van der Waals surface area contributed by atoms with Crippen molar-refractivity contribution < 1.29 is 37.7 Å². The summed E-state index contributed by atoms with van der Waals surface area (Å²) in [6.45, 7) is 7.72. The van der Waals surface area contributed by atoms with Gasteiger partial charge in [0, 0.05) is 31.2 Å². The number of hydrogen-bond acceptors (Lipinski definition) is 10. The molecule has 0 amide bonds. The summed E-state index contributed by atoms with van der Waals surface area (Å²) in [4.78, 5) is 38.2. The number of nitrogens with zero attached hydrogens (tertiary/aromatic N) is 4. The Kier molecular flexibility index (Phi) is 7.41. The number of ether oxygens (including phenoxy) is 1. The number of aryl methyl sites for hydroxylation is 1. The third-order valence-electron chi connectivity index (χ3n) is 6.53. The van der Waals surface area contributed by atoms with Crippen LogP contribution in [0.25, 0.3) is 10.4 Å². The highest BCUT2D eigenvalue weighted by atomic mass is 32.1. The number of anilines is 2. The van der Waals surface area contributed by atoms with Crippen LogP contribution in [0, 0.1) is 6.92 Å². The predicted octanol–water partition coefficient (Wildman–Crippen LogP) is 4.36. The molecule has 0 unspecified atom stereocenters. The van der Waals surface area contributed by atoms with Crippen molar-refractivity contribution in [2.24, 2.45) is 0 Å². The summed E-state index contributed by atoms with van der Waals surface area (Å²) in [5, 5.41) is 23.7. The number of benzene rings is 1. The van der Waals surface area contributed by atoms with Gasteiger partial charge in [0.1, 0.15) is 21.8 Å². The normalized spacial score (nSPS) is 15.8. The van der Waals surface area contributed by atoms with E-state index in [0.717, 1.165) is 23.4 Å². The maximum absolute atomic E-state index is 13.0. The highest BCUT2D eigenvalue weighted by molar-refractivity contribution is 7.15. The van der Waals surface area contributed by atoms with Gasteiger partial charge in [0.05, 0.1) is 4.88 Å². The molecule has 2 aromatic heterocycles. The zero-order valence-corrected chi connectivity index (χ0v) is 23.1. The van der Waals surface area contributed by atoms with Crippen LogP contribution in [0.15, 0.2) is 36.7 Å². The number of thiazole rings is 1. The van der Waals surface area contributed by atoms with Crippen LogP contribution in [-0.2, 0) is 26.1 Å². The summed E-state index contributed by atoms with van der Waals surface area (Å²) in [7, 11) is 0. The number of aliphatic hydroxyl groups is 1. The number of rotatable bonds is 8. The van der Waals surface area contributed by atoms with E-state index in [1.807, 2.05) is 13.0 Å². The maximum Gasteiger partial charge on any atom is 0.433 e. The molecule has 1 aliphatic heterocycles. The number of likely N-dealkylation sites (tertiary alicyclic amines) is 1. The molecular weight excluding hydrogens is 551 g/mol. The number of aromatic nitrogens is 3. The molecular formula is C26H28F3N5O5S. The first-order valence-electron chi connectivity index (χ1n) is 12.1. The standard InChI is InChI=1S/C26H28F3N5O5S/c1-14-8-15(10-16(9-14)32-22-30-7-6-18(33-22)26(27,28)29)17-11-31-19(40-17)25(38)12-34(13-25)23(2,3)21(37)39-24(4,5)20(35)36/h6-11,38H,12-13H2,1-5H3,(H,35,36)(H,30,32,33). The van der Waals surface area contributed by atoms with E-state index in [2.05, 4.69) is 20.3 Å². The summed E-state index contributed by atoms with van der Waals surface area (Å²) < 4.78 is 44.3. The number of halogens is 3. The Morgan fingerprint density at radius 2 is 1.80 bits per heavy atom. The first-order chi connectivity index (χ1) is 18.4. The molecule has 0 radical (unpaired) electrons. The van der Waals surface area contributed by atoms with Gasteiger partial charge in [-0.1, -0.05) is 6.07 Å². The van der Waals surface area contributed by atoms with Crippen molar-refractivity contribution in [3.05, 3.63) is 52.9 Å². The third kappa shape index (κ3) is 5.93. The van der Waals surface area contributed by atoms with Crippen molar-refractivity contribution in [1.29, 1.82) is 0 Å². The van der Waals surface area contributed by atoms with Gasteiger partial charge in [0.15, 0.2) is 0 Å². The quantitative estimate of drug-likeness (QED) is 0.330. The highest BCUT2D eigenvalue weighted by Gasteiger charge is 2.54. The molecule has 0 bridgehead atoms. The number of β-amino-alcohol motifs (C(OH)–C–C–N with tert-alkyl or cyclic N) is 1. The Balaban J connectivity index is 1.48. The third-order valence-corrected chi connectivity index (χ3v) is 7.77. The van der Waals surface area contributed by atoms with E-state index in [-0.39, 0.29) is 19.0 Å². The van der Waals surface area contributed by atoms with Crippen LogP contribution in [0.3, 0.4) is 0 Å². The lowest BCUT2D eigenvalue weighted by atomic mass is 9.87. The van der Waals surface area contributed by atoms with E-state index in [9.17, 15) is 33.0 Å². The van der Waals surface area contributed by atoms with E-state index in [1.54, 1.807) is 37.1 Å². The summed E-state index contributed by atoms with van der Waals surface area (Å²) in [5.74, 6) is -2.21. The number of nitrogens with one attached hydrogen (secondary N) is 1. The Labute approximate surface area is 231 Å². The molecule has 214 valence electrons. The minimum absolute atomic E-state index is 0.0725. The van der Waals surface area contributed by atoms with Crippen LogP contribution in [0.2, 0.25) is 0 Å². The molecule has 1 aromatic carbocycles. The lowest BCUT2D eigenvalue weighted by Crippen LogP contribution is -2.68. The molecule has 0 aliphatic carbocycles. The van der Waals surface area contributed by atoms with Crippen LogP contribution < -0.4 is 5.32 Å². The minimum Gasteiger partial charge on any atom is -0.478 e. The zero-order valence-electron chi connectivity index (χ0n) is 22.3. The molecule has 3 aromatic rings. The highest BCUT2D eigenvalue weighted by Crippen LogP contribution is 2.41. The first-order valence-corrected chi connectivity index (χ1v) is 12.9. The summed E-state index contributed by atoms with van der Waals surface area (Å²) in [6, 6.07) is 6.11. The molecule has 1 fully saturated rings. The lowest BCUT2D eigenvalue weighted by Gasteiger charge is -2.51. The zero-order chi connectivity index (χ0) is 29.7. The second kappa shape index (κ2) is 10.1. The van der Waals surface area contributed by atoms with Crippen molar-refractivity contribution in [1.82, 2.24) is 19.9 Å². The molecule has 1 saturated heterocycles. The van der Waals surface area contributed by atoms with Crippen molar-refractivity contribution in [2.45, 2.75) is 57.5 Å². The van der Waals surface area contributed by atoms with Crippen LogP contribution in [-0.4, -0.2) is 66.2 Å². The minimum atomic E-state index is -4.60. The number of carboxylic acid groups (broad SMARTS) is 1.